The lowest BCUT2D eigenvalue weighted by Gasteiger charge is -2.56. The second-order valence-electron chi connectivity index (χ2n) is 9.30. The highest BCUT2D eigenvalue weighted by Gasteiger charge is 2.51. The van der Waals surface area contributed by atoms with Gasteiger partial charge in [0.1, 0.15) is 5.01 Å². The van der Waals surface area contributed by atoms with Crippen molar-refractivity contribution >= 4 is 22.4 Å². The Morgan fingerprint density at radius 3 is 2.17 bits per heavy atom. The van der Waals surface area contributed by atoms with Crippen LogP contribution in [-0.4, -0.2) is 16.1 Å². The van der Waals surface area contributed by atoms with E-state index in [0.29, 0.717) is 11.6 Å². The molecule has 0 unspecified atom stereocenters. The molecule has 4 nitrogen and oxygen atoms in total. The predicted molar refractivity (Wildman–Crippen MR) is 92.5 cm³/mol. The van der Waals surface area contributed by atoms with Gasteiger partial charge in [-0.25, -0.2) is 0 Å². The molecule has 1 aromatic rings. The smallest absolute Gasteiger partial charge is 0.226 e. The first-order valence-corrected chi connectivity index (χ1v) is 9.77. The molecule has 1 aromatic heterocycles. The Labute approximate surface area is 142 Å². The molecule has 0 radical (unpaired) electrons. The van der Waals surface area contributed by atoms with Crippen LogP contribution in [0.25, 0.3) is 0 Å². The summed E-state index contributed by atoms with van der Waals surface area (Å²) in [6.07, 6.45) is 8.77. The van der Waals surface area contributed by atoms with Gasteiger partial charge >= 0.3 is 0 Å². The van der Waals surface area contributed by atoms with E-state index >= 15 is 0 Å². The number of carbonyl (C=O) groups is 1. The summed E-state index contributed by atoms with van der Waals surface area (Å²) >= 11 is 1.51. The second-order valence-corrected chi connectivity index (χ2v) is 10.3. The molecule has 1 N–H and O–H groups in total. The zero-order valence-electron chi connectivity index (χ0n) is 14.4. The summed E-state index contributed by atoms with van der Waals surface area (Å²) in [5, 5.41) is 13.0. The fourth-order valence-electron chi connectivity index (χ4n) is 5.59. The lowest BCUT2D eigenvalue weighted by Crippen LogP contribution is -2.47. The Kier molecular flexibility index (Phi) is 3.56. The molecule has 0 aliphatic heterocycles. The molecule has 126 valence electrons. The first-order valence-electron chi connectivity index (χ1n) is 8.95. The Bertz CT molecular complexity index is 581. The molecule has 4 fully saturated rings. The van der Waals surface area contributed by atoms with Gasteiger partial charge in [-0.15, -0.1) is 10.2 Å². The van der Waals surface area contributed by atoms with Crippen molar-refractivity contribution in [2.45, 2.75) is 71.1 Å². The summed E-state index contributed by atoms with van der Waals surface area (Å²) in [5.74, 6) is 2.82. The van der Waals surface area contributed by atoms with Crippen molar-refractivity contribution in [1.29, 1.82) is 0 Å². The lowest BCUT2D eigenvalue weighted by atomic mass is 9.49. The van der Waals surface area contributed by atoms with Gasteiger partial charge in [-0.1, -0.05) is 32.1 Å². The van der Waals surface area contributed by atoms with Crippen LogP contribution in [0.4, 0.5) is 5.13 Å². The summed E-state index contributed by atoms with van der Waals surface area (Å²) in [6.45, 7) is 6.36. The summed E-state index contributed by atoms with van der Waals surface area (Å²) in [4.78, 5) is 12.6. The minimum absolute atomic E-state index is 0.0133. The van der Waals surface area contributed by atoms with Crippen LogP contribution in [0.3, 0.4) is 0 Å². The van der Waals surface area contributed by atoms with Crippen LogP contribution in [0.15, 0.2) is 0 Å². The maximum absolute atomic E-state index is 12.6. The normalized spacial score (nSPS) is 35.5. The number of hydrogen-bond acceptors (Lipinski definition) is 4. The highest BCUT2D eigenvalue weighted by molar-refractivity contribution is 7.15. The molecular formula is C18H27N3OS. The van der Waals surface area contributed by atoms with Crippen molar-refractivity contribution in [1.82, 2.24) is 10.2 Å². The molecule has 1 heterocycles. The van der Waals surface area contributed by atoms with Crippen molar-refractivity contribution in [3.8, 4) is 0 Å². The van der Waals surface area contributed by atoms with Gasteiger partial charge < -0.3 is 5.32 Å². The van der Waals surface area contributed by atoms with Crippen molar-refractivity contribution in [3.05, 3.63) is 5.01 Å². The third-order valence-electron chi connectivity index (χ3n) is 6.01. The van der Waals surface area contributed by atoms with E-state index in [9.17, 15) is 4.79 Å². The molecule has 0 atom stereocenters. The number of nitrogens with zero attached hydrogens (tertiary/aromatic N) is 2. The average Bonchev–Trinajstić information content (AvgIpc) is 2.84. The molecule has 4 aliphatic carbocycles. The van der Waals surface area contributed by atoms with Crippen LogP contribution >= 0.6 is 11.3 Å². The quantitative estimate of drug-likeness (QED) is 0.893. The van der Waals surface area contributed by atoms with Crippen molar-refractivity contribution < 1.29 is 4.79 Å². The fourth-order valence-corrected chi connectivity index (χ4v) is 6.40. The van der Waals surface area contributed by atoms with E-state index in [0.717, 1.165) is 22.8 Å². The van der Waals surface area contributed by atoms with Crippen LogP contribution in [0.5, 0.6) is 0 Å². The van der Waals surface area contributed by atoms with Crippen LogP contribution < -0.4 is 5.32 Å². The molecule has 0 saturated heterocycles. The molecule has 0 spiro atoms. The number of amides is 1. The van der Waals surface area contributed by atoms with E-state index in [2.05, 4.69) is 36.3 Å². The molecule has 23 heavy (non-hydrogen) atoms. The van der Waals surface area contributed by atoms with E-state index in [1.165, 1.54) is 49.9 Å². The molecule has 4 bridgehead atoms. The minimum Gasteiger partial charge on any atom is -0.301 e. The zero-order chi connectivity index (χ0) is 16.2. The predicted octanol–water partition coefficient (Wildman–Crippen LogP) is 4.38. The molecule has 0 aromatic carbocycles. The number of nitrogens with one attached hydrogen (secondary N) is 1. The van der Waals surface area contributed by atoms with Crippen LogP contribution in [0.2, 0.25) is 0 Å². The first-order chi connectivity index (χ1) is 10.8. The Morgan fingerprint density at radius 1 is 1.13 bits per heavy atom. The average molecular weight is 334 g/mol. The van der Waals surface area contributed by atoms with Gasteiger partial charge in [-0.05, 0) is 61.7 Å². The van der Waals surface area contributed by atoms with Gasteiger partial charge in [-0.3, -0.25) is 4.79 Å². The fraction of sp³-hybridized carbons (Fsp3) is 0.833. The standard InChI is InChI=1S/C18H27N3OS/c1-17(2,3)15-20-21-16(23-15)19-14(22)10-18-7-11-4-12(8-18)6-13(5-11)9-18/h11-13H,4-10H2,1-3H3,(H,19,21,22). The Morgan fingerprint density at radius 2 is 1.70 bits per heavy atom. The number of rotatable bonds is 3. The van der Waals surface area contributed by atoms with Gasteiger partial charge in [0, 0.05) is 11.8 Å². The highest BCUT2D eigenvalue weighted by atomic mass is 32.1. The highest BCUT2D eigenvalue weighted by Crippen LogP contribution is 2.61. The van der Waals surface area contributed by atoms with Gasteiger partial charge in [0.15, 0.2) is 0 Å². The molecule has 4 aliphatic rings. The van der Waals surface area contributed by atoms with Crippen molar-refractivity contribution in [2.24, 2.45) is 23.2 Å². The third kappa shape index (κ3) is 3.04. The van der Waals surface area contributed by atoms with Gasteiger partial charge in [0.25, 0.3) is 0 Å². The SMILES string of the molecule is CC(C)(C)c1nnc(NC(=O)CC23CC4CC(CC(C4)C2)C3)s1. The third-order valence-corrected chi connectivity index (χ3v) is 7.28. The van der Waals surface area contributed by atoms with Gasteiger partial charge in [-0.2, -0.15) is 0 Å². The molecular weight excluding hydrogens is 306 g/mol. The zero-order valence-corrected chi connectivity index (χ0v) is 15.2. The topological polar surface area (TPSA) is 54.9 Å². The Balaban J connectivity index is 1.41. The van der Waals surface area contributed by atoms with Crippen LogP contribution in [0.1, 0.15) is 70.7 Å². The van der Waals surface area contributed by atoms with Gasteiger partial charge in [0.05, 0.1) is 0 Å². The van der Waals surface area contributed by atoms with Crippen LogP contribution in [0, 0.1) is 23.2 Å². The molecule has 4 saturated carbocycles. The van der Waals surface area contributed by atoms with E-state index < -0.39 is 0 Å². The summed E-state index contributed by atoms with van der Waals surface area (Å²) in [7, 11) is 0. The first kappa shape index (κ1) is 15.6. The Hall–Kier alpha value is -0.970. The molecule has 5 heteroatoms. The number of aromatic nitrogens is 2. The number of carbonyl (C=O) groups excluding carboxylic acids is 1. The van der Waals surface area contributed by atoms with E-state index in [1.807, 2.05) is 0 Å². The lowest BCUT2D eigenvalue weighted by molar-refractivity contribution is -0.124. The summed E-state index contributed by atoms with van der Waals surface area (Å²) in [5.41, 5.74) is 0.275. The van der Waals surface area contributed by atoms with Crippen LogP contribution in [-0.2, 0) is 10.2 Å². The van der Waals surface area contributed by atoms with E-state index in [-0.39, 0.29) is 16.7 Å². The minimum atomic E-state index is -0.0133. The van der Waals surface area contributed by atoms with E-state index in [4.69, 9.17) is 0 Å². The number of hydrogen-bond donors (Lipinski definition) is 1. The molecule has 1 amide bonds. The largest absolute Gasteiger partial charge is 0.301 e. The molecule has 5 rings (SSSR count). The van der Waals surface area contributed by atoms with Gasteiger partial charge in [0.2, 0.25) is 11.0 Å². The second kappa shape index (κ2) is 5.27. The maximum atomic E-state index is 12.6. The maximum Gasteiger partial charge on any atom is 0.226 e. The summed E-state index contributed by atoms with van der Waals surface area (Å²) in [6, 6.07) is 0. The van der Waals surface area contributed by atoms with E-state index in [1.54, 1.807) is 0 Å². The summed E-state index contributed by atoms with van der Waals surface area (Å²) < 4.78 is 0. The van der Waals surface area contributed by atoms with Crippen molar-refractivity contribution in [3.63, 3.8) is 0 Å². The number of anilines is 1. The van der Waals surface area contributed by atoms with Crippen molar-refractivity contribution in [2.75, 3.05) is 5.32 Å². The monoisotopic (exact) mass is 333 g/mol.